The molecule has 1 fully saturated rings. The van der Waals surface area contributed by atoms with Crippen LogP contribution in [0.1, 0.15) is 30.6 Å². The maximum atomic E-state index is 12.5. The molecule has 2 heterocycles. The first-order valence-electron chi connectivity index (χ1n) is 8.86. The Kier molecular flexibility index (Phi) is 6.11. The van der Waals surface area contributed by atoms with Gasteiger partial charge in [-0.05, 0) is 30.5 Å². The third kappa shape index (κ3) is 4.47. The molecule has 27 heavy (non-hydrogen) atoms. The molecule has 2 atom stereocenters. The van der Waals surface area contributed by atoms with Gasteiger partial charge in [-0.25, -0.2) is 0 Å². The van der Waals surface area contributed by atoms with Crippen LogP contribution in [-0.2, 0) is 6.54 Å². The maximum Gasteiger partial charge on any atom is 0.387 e. The Hall–Kier alpha value is -2.41. The van der Waals surface area contributed by atoms with E-state index in [0.717, 1.165) is 30.0 Å². The number of nitrogens with zero attached hydrogens (tertiary/aromatic N) is 2. The number of alkyl halides is 2. The van der Waals surface area contributed by atoms with Crippen molar-refractivity contribution in [2.75, 3.05) is 20.8 Å². The molecule has 1 aliphatic heterocycles. The molecule has 146 valence electrons. The van der Waals surface area contributed by atoms with E-state index < -0.39 is 6.61 Å². The summed E-state index contributed by atoms with van der Waals surface area (Å²) >= 11 is 0. The number of pyridine rings is 1. The summed E-state index contributed by atoms with van der Waals surface area (Å²) in [5, 5.41) is 0. The molecule has 7 heteroatoms. The van der Waals surface area contributed by atoms with Gasteiger partial charge < -0.3 is 14.2 Å². The van der Waals surface area contributed by atoms with E-state index >= 15 is 0 Å². The molecule has 1 saturated heterocycles. The first-order valence-corrected chi connectivity index (χ1v) is 8.86. The summed E-state index contributed by atoms with van der Waals surface area (Å²) < 4.78 is 40.6. The molecule has 5 nitrogen and oxygen atoms in total. The van der Waals surface area contributed by atoms with E-state index in [1.165, 1.54) is 12.3 Å². The minimum Gasteiger partial charge on any atom is -0.496 e. The number of methoxy groups -OCH3 is 2. The van der Waals surface area contributed by atoms with Crippen LogP contribution in [-0.4, -0.2) is 37.3 Å². The zero-order chi connectivity index (χ0) is 19.4. The fourth-order valence-corrected chi connectivity index (χ4v) is 3.74. The van der Waals surface area contributed by atoms with Crippen molar-refractivity contribution in [1.29, 1.82) is 0 Å². The molecular formula is C20H24F2N2O3. The quantitative estimate of drug-likeness (QED) is 0.719. The summed E-state index contributed by atoms with van der Waals surface area (Å²) in [5.41, 5.74) is 1.69. The van der Waals surface area contributed by atoms with Gasteiger partial charge in [-0.1, -0.05) is 13.0 Å². The zero-order valence-corrected chi connectivity index (χ0v) is 15.7. The first kappa shape index (κ1) is 19.4. The summed E-state index contributed by atoms with van der Waals surface area (Å²) in [6, 6.07) is 8.83. The van der Waals surface area contributed by atoms with Crippen LogP contribution in [0.5, 0.6) is 17.2 Å². The lowest BCUT2D eigenvalue weighted by atomic mass is 9.99. The van der Waals surface area contributed by atoms with E-state index in [0.29, 0.717) is 18.2 Å². The molecule has 1 aromatic carbocycles. The van der Waals surface area contributed by atoms with Crippen molar-refractivity contribution in [3.05, 3.63) is 47.8 Å². The third-order valence-corrected chi connectivity index (χ3v) is 4.79. The Balaban J connectivity index is 1.88. The number of aromatic nitrogens is 1. The summed E-state index contributed by atoms with van der Waals surface area (Å²) in [6.07, 6.45) is 2.44. The standard InChI is InChI=1S/C20H24F2N2O3/c1-13-9-16(19-17(25-2)5-4-6-18(19)26-3)24(11-13)12-14-10-15(7-8-23-14)27-20(21)22/h4-8,10,13,16,20H,9,11-12H2,1-3H3. The summed E-state index contributed by atoms with van der Waals surface area (Å²) in [7, 11) is 3.29. The molecule has 2 aromatic rings. The molecule has 1 aromatic heterocycles. The normalized spacial score (nSPS) is 20.1. The molecule has 0 radical (unpaired) electrons. The number of ether oxygens (including phenoxy) is 3. The molecule has 0 N–H and O–H groups in total. The van der Waals surface area contributed by atoms with E-state index in [2.05, 4.69) is 21.5 Å². The predicted octanol–water partition coefficient (Wildman–Crippen LogP) is 4.28. The molecule has 1 aliphatic rings. The van der Waals surface area contributed by atoms with Crippen LogP contribution in [0, 0.1) is 5.92 Å². The molecule has 0 bridgehead atoms. The highest BCUT2D eigenvalue weighted by molar-refractivity contribution is 5.47. The van der Waals surface area contributed by atoms with Gasteiger partial charge in [0, 0.05) is 31.4 Å². The number of hydrogen-bond donors (Lipinski definition) is 0. The second-order valence-corrected chi connectivity index (χ2v) is 6.72. The fourth-order valence-electron chi connectivity index (χ4n) is 3.74. The van der Waals surface area contributed by atoms with E-state index in [-0.39, 0.29) is 11.8 Å². The Morgan fingerprint density at radius 1 is 1.19 bits per heavy atom. The fraction of sp³-hybridized carbons (Fsp3) is 0.450. The van der Waals surface area contributed by atoms with Gasteiger partial charge >= 0.3 is 6.61 Å². The minimum atomic E-state index is -2.85. The summed E-state index contributed by atoms with van der Waals surface area (Å²) in [5.74, 6) is 2.15. The average molecular weight is 378 g/mol. The highest BCUT2D eigenvalue weighted by Gasteiger charge is 2.34. The topological polar surface area (TPSA) is 43.8 Å². The lowest BCUT2D eigenvalue weighted by Gasteiger charge is -2.27. The number of hydrogen-bond acceptors (Lipinski definition) is 5. The van der Waals surface area contributed by atoms with Gasteiger partial charge in [0.25, 0.3) is 0 Å². The number of likely N-dealkylation sites (tertiary alicyclic amines) is 1. The average Bonchev–Trinajstić information content (AvgIpc) is 3.00. The monoisotopic (exact) mass is 378 g/mol. The van der Waals surface area contributed by atoms with Crippen LogP contribution in [0.2, 0.25) is 0 Å². The number of halogens is 2. The Labute approximate surface area is 157 Å². The summed E-state index contributed by atoms with van der Waals surface area (Å²) in [6.45, 7) is 0.737. The number of benzene rings is 1. The van der Waals surface area contributed by atoms with Crippen LogP contribution >= 0.6 is 0 Å². The van der Waals surface area contributed by atoms with Crippen molar-refractivity contribution >= 4 is 0 Å². The van der Waals surface area contributed by atoms with E-state index in [4.69, 9.17) is 9.47 Å². The lowest BCUT2D eigenvalue weighted by Crippen LogP contribution is -2.24. The third-order valence-electron chi connectivity index (χ3n) is 4.79. The second kappa shape index (κ2) is 8.52. The largest absolute Gasteiger partial charge is 0.496 e. The van der Waals surface area contributed by atoms with Gasteiger partial charge in [0.1, 0.15) is 17.2 Å². The van der Waals surface area contributed by atoms with Crippen LogP contribution < -0.4 is 14.2 Å². The van der Waals surface area contributed by atoms with Crippen LogP contribution in [0.25, 0.3) is 0 Å². The van der Waals surface area contributed by atoms with Crippen LogP contribution in [0.3, 0.4) is 0 Å². The predicted molar refractivity (Wildman–Crippen MR) is 97.3 cm³/mol. The van der Waals surface area contributed by atoms with Crippen molar-refractivity contribution in [3.63, 3.8) is 0 Å². The van der Waals surface area contributed by atoms with Crippen LogP contribution in [0.15, 0.2) is 36.5 Å². The second-order valence-electron chi connectivity index (χ2n) is 6.72. The van der Waals surface area contributed by atoms with Crippen molar-refractivity contribution in [2.45, 2.75) is 32.5 Å². The highest BCUT2D eigenvalue weighted by atomic mass is 19.3. The van der Waals surface area contributed by atoms with E-state index in [1.807, 2.05) is 18.2 Å². The first-order chi connectivity index (χ1) is 13.0. The smallest absolute Gasteiger partial charge is 0.387 e. The van der Waals surface area contributed by atoms with Gasteiger partial charge in [0.05, 0.1) is 25.5 Å². The molecule has 0 aliphatic carbocycles. The van der Waals surface area contributed by atoms with Crippen LogP contribution in [0.4, 0.5) is 8.78 Å². The van der Waals surface area contributed by atoms with Gasteiger partial charge in [-0.2, -0.15) is 8.78 Å². The van der Waals surface area contributed by atoms with Gasteiger partial charge in [0.15, 0.2) is 0 Å². The van der Waals surface area contributed by atoms with E-state index in [1.54, 1.807) is 20.3 Å². The minimum absolute atomic E-state index is 0.0903. The molecule has 0 amide bonds. The van der Waals surface area contributed by atoms with Gasteiger partial charge in [0.2, 0.25) is 0 Å². The SMILES string of the molecule is COc1cccc(OC)c1C1CC(C)CN1Cc1cc(OC(F)F)ccn1. The van der Waals surface area contributed by atoms with Crippen molar-refractivity contribution in [3.8, 4) is 17.2 Å². The number of rotatable bonds is 7. The molecule has 2 unspecified atom stereocenters. The van der Waals surface area contributed by atoms with E-state index in [9.17, 15) is 8.78 Å². The molecule has 0 spiro atoms. The summed E-state index contributed by atoms with van der Waals surface area (Å²) in [4.78, 5) is 6.60. The zero-order valence-electron chi connectivity index (χ0n) is 15.7. The molecule has 0 saturated carbocycles. The van der Waals surface area contributed by atoms with Crippen molar-refractivity contribution < 1.29 is 23.0 Å². The Morgan fingerprint density at radius 3 is 2.52 bits per heavy atom. The van der Waals surface area contributed by atoms with Crippen molar-refractivity contribution in [1.82, 2.24) is 9.88 Å². The van der Waals surface area contributed by atoms with Crippen molar-refractivity contribution in [2.24, 2.45) is 5.92 Å². The lowest BCUT2D eigenvalue weighted by molar-refractivity contribution is -0.0499. The van der Waals surface area contributed by atoms with Gasteiger partial charge in [-0.3, -0.25) is 9.88 Å². The molecule has 3 rings (SSSR count). The highest BCUT2D eigenvalue weighted by Crippen LogP contribution is 2.44. The maximum absolute atomic E-state index is 12.5. The Bertz CT molecular complexity index is 750. The van der Waals surface area contributed by atoms with Gasteiger partial charge in [-0.15, -0.1) is 0 Å². The Morgan fingerprint density at radius 2 is 1.89 bits per heavy atom. The molecular weight excluding hydrogens is 354 g/mol.